The van der Waals surface area contributed by atoms with Crippen LogP contribution in [0.5, 0.6) is 0 Å². The lowest BCUT2D eigenvalue weighted by Gasteiger charge is -2.24. The summed E-state index contributed by atoms with van der Waals surface area (Å²) in [6.45, 7) is 4.18. The van der Waals surface area contributed by atoms with Crippen LogP contribution < -0.4 is 0 Å². The molecule has 0 heterocycles. The fourth-order valence-corrected chi connectivity index (χ4v) is 6.19. The molecule has 0 aliphatic heterocycles. The Hall–Kier alpha value is -2.81. The minimum atomic E-state index is -4.40. The van der Waals surface area contributed by atoms with E-state index in [0.29, 0.717) is 23.9 Å². The molecule has 0 radical (unpaired) electrons. The second-order valence-corrected chi connectivity index (χ2v) is 17.1. The fraction of sp³-hybridized carbons (Fsp3) is 0.667. The first-order valence-corrected chi connectivity index (χ1v) is 23.8. The van der Waals surface area contributed by atoms with E-state index in [1.807, 2.05) is 33.3 Å². The highest BCUT2D eigenvalue weighted by Crippen LogP contribution is 2.43. The molecule has 0 saturated carbocycles. The largest absolute Gasteiger partial charge is 0.472 e. The molecule has 2 atom stereocenters. The van der Waals surface area contributed by atoms with Gasteiger partial charge in [0.2, 0.25) is 0 Å². The molecule has 10 heteroatoms. The third-order valence-electron chi connectivity index (χ3n) is 8.92. The number of phosphoric ester groups is 1. The number of ether oxygens (including phenoxy) is 2. The smallest absolute Gasteiger partial charge is 0.462 e. The van der Waals surface area contributed by atoms with Gasteiger partial charge in [0.25, 0.3) is 0 Å². The van der Waals surface area contributed by atoms with Crippen molar-refractivity contribution in [2.45, 2.75) is 161 Å². The number of rotatable bonds is 39. The summed E-state index contributed by atoms with van der Waals surface area (Å²) >= 11 is 0. The van der Waals surface area contributed by atoms with Gasteiger partial charge in [0.15, 0.2) is 6.10 Å². The van der Waals surface area contributed by atoms with Crippen LogP contribution in [-0.4, -0.2) is 74.9 Å². The zero-order valence-corrected chi connectivity index (χ0v) is 38.1. The summed E-state index contributed by atoms with van der Waals surface area (Å²) < 4.78 is 34.2. The Labute approximate surface area is 354 Å². The van der Waals surface area contributed by atoms with Gasteiger partial charge in [0.05, 0.1) is 27.7 Å². The lowest BCUT2D eigenvalue weighted by atomic mass is 10.1. The van der Waals surface area contributed by atoms with Crippen molar-refractivity contribution in [1.82, 2.24) is 0 Å². The van der Waals surface area contributed by atoms with Crippen LogP contribution in [0.3, 0.4) is 0 Å². The molecule has 0 aliphatic rings. The zero-order valence-electron chi connectivity index (χ0n) is 37.2. The van der Waals surface area contributed by atoms with E-state index in [0.717, 1.165) is 57.8 Å². The van der Waals surface area contributed by atoms with Crippen LogP contribution in [0.1, 0.15) is 155 Å². The van der Waals surface area contributed by atoms with E-state index in [1.54, 1.807) is 0 Å². The van der Waals surface area contributed by atoms with E-state index in [1.165, 1.54) is 57.8 Å². The highest BCUT2D eigenvalue weighted by Gasteiger charge is 2.27. The van der Waals surface area contributed by atoms with Crippen LogP contribution >= 0.6 is 7.82 Å². The quantitative estimate of drug-likeness (QED) is 0.0214. The normalized spacial score (nSPS) is 14.4. The van der Waals surface area contributed by atoms with Crippen molar-refractivity contribution in [3.05, 3.63) is 85.1 Å². The molecule has 0 spiro atoms. The SMILES string of the molecule is CC/C=C/C/C=C/C/C=C/C/C=C/C/C=C/C/C=C/CCC(=O)O[C@H](COC(=O)CCCC/C=C/CCCCCCCCCCC)COP(=O)(O)OCC[N+](C)(C)C. The Morgan fingerprint density at radius 1 is 0.552 bits per heavy atom. The van der Waals surface area contributed by atoms with Crippen molar-refractivity contribution in [1.29, 1.82) is 0 Å². The van der Waals surface area contributed by atoms with Crippen molar-refractivity contribution in [3.63, 3.8) is 0 Å². The molecular formula is C48H83NO8P+. The molecule has 1 N–H and O–H groups in total. The number of carbonyl (C=O) groups excluding carboxylic acids is 2. The highest BCUT2D eigenvalue weighted by molar-refractivity contribution is 7.47. The Morgan fingerprint density at radius 3 is 1.53 bits per heavy atom. The van der Waals surface area contributed by atoms with E-state index in [-0.39, 0.29) is 26.1 Å². The van der Waals surface area contributed by atoms with E-state index >= 15 is 0 Å². The molecule has 0 bridgehead atoms. The van der Waals surface area contributed by atoms with Crippen molar-refractivity contribution in [2.24, 2.45) is 0 Å². The zero-order chi connectivity index (χ0) is 42.8. The number of phosphoric acid groups is 1. The number of allylic oxidation sites excluding steroid dienone is 14. The molecule has 1 unspecified atom stereocenters. The highest BCUT2D eigenvalue weighted by atomic mass is 31.2. The van der Waals surface area contributed by atoms with E-state index in [2.05, 4.69) is 86.8 Å². The lowest BCUT2D eigenvalue weighted by Crippen LogP contribution is -2.37. The number of nitrogens with zero attached hydrogens (tertiary/aromatic N) is 1. The summed E-state index contributed by atoms with van der Waals surface area (Å²) in [5.74, 6) is -0.929. The Balaban J connectivity index is 4.53. The lowest BCUT2D eigenvalue weighted by molar-refractivity contribution is -0.870. The van der Waals surface area contributed by atoms with Crippen molar-refractivity contribution in [3.8, 4) is 0 Å². The average Bonchev–Trinajstić information content (AvgIpc) is 3.17. The minimum Gasteiger partial charge on any atom is -0.462 e. The van der Waals surface area contributed by atoms with Crippen LogP contribution in [0.2, 0.25) is 0 Å². The Bertz CT molecular complexity index is 1260. The number of quaternary nitrogens is 1. The predicted octanol–water partition coefficient (Wildman–Crippen LogP) is 12.8. The van der Waals surface area contributed by atoms with Gasteiger partial charge in [-0.1, -0.05) is 150 Å². The number of carbonyl (C=O) groups is 2. The maximum absolute atomic E-state index is 12.7. The van der Waals surface area contributed by atoms with Gasteiger partial charge in [-0.25, -0.2) is 4.57 Å². The number of unbranched alkanes of at least 4 members (excludes halogenated alkanes) is 11. The first-order chi connectivity index (χ1) is 28.0. The molecule has 0 rings (SSSR count). The van der Waals surface area contributed by atoms with Gasteiger partial charge in [-0.2, -0.15) is 0 Å². The van der Waals surface area contributed by atoms with Crippen LogP contribution in [0.25, 0.3) is 0 Å². The molecule has 58 heavy (non-hydrogen) atoms. The second-order valence-electron chi connectivity index (χ2n) is 15.7. The molecule has 0 fully saturated rings. The first kappa shape index (κ1) is 55.2. The minimum absolute atomic E-state index is 0.0110. The molecule has 0 amide bonds. The molecule has 0 aromatic rings. The van der Waals surface area contributed by atoms with Crippen LogP contribution in [-0.2, 0) is 32.7 Å². The molecule has 0 aromatic carbocycles. The fourth-order valence-electron chi connectivity index (χ4n) is 5.44. The third kappa shape index (κ3) is 42.8. The number of hydrogen-bond acceptors (Lipinski definition) is 7. The summed E-state index contributed by atoms with van der Waals surface area (Å²) in [6.07, 6.45) is 50.8. The van der Waals surface area contributed by atoms with Crippen LogP contribution in [0, 0.1) is 0 Å². The molecule has 0 aromatic heterocycles. The maximum atomic E-state index is 12.7. The number of likely N-dealkylation sites (N-methyl/N-ethyl adjacent to an activating group) is 1. The van der Waals surface area contributed by atoms with Crippen molar-refractivity contribution in [2.75, 3.05) is 47.5 Å². The van der Waals surface area contributed by atoms with Crippen molar-refractivity contribution >= 4 is 19.8 Å². The van der Waals surface area contributed by atoms with E-state index < -0.39 is 32.5 Å². The molecule has 0 aliphatic carbocycles. The van der Waals surface area contributed by atoms with Crippen molar-refractivity contribution < 1.29 is 42.1 Å². The van der Waals surface area contributed by atoms with Gasteiger partial charge in [0, 0.05) is 12.8 Å². The standard InChI is InChI=1S/C48H82NO8P/c1-6-8-10-12-14-16-18-20-22-23-24-25-27-29-31-33-35-37-39-41-48(51)57-46(45-56-58(52,53)55-43-42-49(3,4)5)44-54-47(50)40-38-36-34-32-30-28-26-21-19-17-15-13-11-9-7-2/h8,10,14,16,20,22,24-25,29-32,35,37,46H,6-7,9,11-13,15,17-19,21,23,26-28,33-34,36,38-45H2,1-5H3/p+1/b10-8+,16-14+,22-20+,25-24+,31-29+,32-30+,37-35+/t46-/m1/s1. The van der Waals surface area contributed by atoms with Gasteiger partial charge < -0.3 is 18.9 Å². The molecular weight excluding hydrogens is 750 g/mol. The van der Waals surface area contributed by atoms with Gasteiger partial charge in [-0.15, -0.1) is 0 Å². The molecule has 9 nitrogen and oxygen atoms in total. The monoisotopic (exact) mass is 833 g/mol. The molecule has 332 valence electrons. The topological polar surface area (TPSA) is 108 Å². The maximum Gasteiger partial charge on any atom is 0.472 e. The summed E-state index contributed by atoms with van der Waals surface area (Å²) in [6, 6.07) is 0. The summed E-state index contributed by atoms with van der Waals surface area (Å²) in [5.41, 5.74) is 0. The number of hydrogen-bond donors (Lipinski definition) is 1. The molecule has 0 saturated heterocycles. The van der Waals surface area contributed by atoms with E-state index in [4.69, 9.17) is 18.5 Å². The van der Waals surface area contributed by atoms with Gasteiger partial charge in [-0.05, 0) is 77.0 Å². The number of esters is 2. The van der Waals surface area contributed by atoms with Gasteiger partial charge in [0.1, 0.15) is 19.8 Å². The second kappa shape index (κ2) is 39.6. The van der Waals surface area contributed by atoms with Gasteiger partial charge in [-0.3, -0.25) is 18.6 Å². The first-order valence-electron chi connectivity index (χ1n) is 22.3. The summed E-state index contributed by atoms with van der Waals surface area (Å²) in [7, 11) is 1.41. The predicted molar refractivity (Wildman–Crippen MR) is 242 cm³/mol. The van der Waals surface area contributed by atoms with E-state index in [9.17, 15) is 19.0 Å². The summed E-state index contributed by atoms with van der Waals surface area (Å²) in [5, 5.41) is 0. The van der Waals surface area contributed by atoms with Crippen LogP contribution in [0.15, 0.2) is 85.1 Å². The summed E-state index contributed by atoms with van der Waals surface area (Å²) in [4.78, 5) is 35.3. The third-order valence-corrected chi connectivity index (χ3v) is 9.91. The van der Waals surface area contributed by atoms with Crippen LogP contribution in [0.4, 0.5) is 0 Å². The Morgan fingerprint density at radius 2 is 1.02 bits per heavy atom. The average molecular weight is 833 g/mol. The van der Waals surface area contributed by atoms with Gasteiger partial charge >= 0.3 is 19.8 Å². The Kier molecular flexibility index (Phi) is 37.7.